The lowest BCUT2D eigenvalue weighted by atomic mass is 10.2. The van der Waals surface area contributed by atoms with Gasteiger partial charge < -0.3 is 14.2 Å². The third-order valence-corrected chi connectivity index (χ3v) is 4.78. The molecule has 1 aliphatic heterocycles. The van der Waals surface area contributed by atoms with Gasteiger partial charge in [0.25, 0.3) is 5.91 Å². The predicted octanol–water partition coefficient (Wildman–Crippen LogP) is 2.82. The molecule has 0 spiro atoms. The highest BCUT2D eigenvalue weighted by atomic mass is 32.1. The Bertz CT molecular complexity index is 652. The van der Waals surface area contributed by atoms with Crippen LogP contribution in [0.25, 0.3) is 0 Å². The summed E-state index contributed by atoms with van der Waals surface area (Å²) in [7, 11) is 1.64. The molecular formula is C15H19N3O3S. The van der Waals surface area contributed by atoms with Crippen LogP contribution >= 0.6 is 11.3 Å². The summed E-state index contributed by atoms with van der Waals surface area (Å²) in [5, 5.41) is 5.97. The number of carbonyl (C=O) groups excluding carboxylic acids is 1. The number of carbonyl (C=O) groups is 1. The van der Waals surface area contributed by atoms with Gasteiger partial charge in [-0.2, -0.15) is 4.98 Å². The molecular weight excluding hydrogens is 302 g/mol. The summed E-state index contributed by atoms with van der Waals surface area (Å²) < 4.78 is 10.4. The number of methoxy groups -OCH3 is 1. The summed E-state index contributed by atoms with van der Waals surface area (Å²) in [5.41, 5.74) is 0.936. The maximum atomic E-state index is 12.9. The van der Waals surface area contributed by atoms with Crippen molar-refractivity contribution in [3.63, 3.8) is 0 Å². The Kier molecular flexibility index (Phi) is 4.54. The number of ether oxygens (including phenoxy) is 1. The number of amides is 1. The van der Waals surface area contributed by atoms with Crippen molar-refractivity contribution in [3.05, 3.63) is 33.6 Å². The number of aryl methyl sites for hydroxylation is 1. The summed E-state index contributed by atoms with van der Waals surface area (Å²) in [6, 6.07) is 1.85. The van der Waals surface area contributed by atoms with Crippen LogP contribution in [0.5, 0.6) is 0 Å². The molecule has 7 heteroatoms. The van der Waals surface area contributed by atoms with Gasteiger partial charge in [-0.3, -0.25) is 4.79 Å². The molecule has 1 unspecified atom stereocenters. The van der Waals surface area contributed by atoms with Gasteiger partial charge >= 0.3 is 0 Å². The molecule has 2 aromatic heterocycles. The minimum absolute atomic E-state index is 0.0346. The second kappa shape index (κ2) is 6.58. The van der Waals surface area contributed by atoms with E-state index in [2.05, 4.69) is 10.1 Å². The second-order valence-electron chi connectivity index (χ2n) is 5.26. The molecule has 0 bridgehead atoms. The van der Waals surface area contributed by atoms with E-state index in [1.54, 1.807) is 7.11 Å². The Morgan fingerprint density at radius 3 is 3.18 bits per heavy atom. The Balaban J connectivity index is 1.83. The number of thiophene rings is 1. The first-order valence-corrected chi connectivity index (χ1v) is 8.31. The summed E-state index contributed by atoms with van der Waals surface area (Å²) in [4.78, 5) is 19.8. The van der Waals surface area contributed by atoms with Crippen molar-refractivity contribution in [2.45, 2.75) is 38.8 Å². The van der Waals surface area contributed by atoms with E-state index < -0.39 is 0 Å². The van der Waals surface area contributed by atoms with Crippen LogP contribution in [0.4, 0.5) is 0 Å². The highest BCUT2D eigenvalue weighted by molar-refractivity contribution is 7.12. The summed E-state index contributed by atoms with van der Waals surface area (Å²) in [6.45, 7) is 3.15. The minimum Gasteiger partial charge on any atom is -0.380 e. The maximum absolute atomic E-state index is 12.9. The molecule has 22 heavy (non-hydrogen) atoms. The highest BCUT2D eigenvalue weighted by Crippen LogP contribution is 2.33. The Hall–Kier alpha value is -1.73. The number of hydrogen-bond acceptors (Lipinski definition) is 6. The number of likely N-dealkylation sites (tertiary alicyclic amines) is 1. The van der Waals surface area contributed by atoms with Crippen molar-refractivity contribution in [2.24, 2.45) is 0 Å². The molecule has 1 atom stereocenters. The minimum atomic E-state index is -0.0888. The molecule has 1 amide bonds. The van der Waals surface area contributed by atoms with Gasteiger partial charge in [0.1, 0.15) is 0 Å². The molecule has 1 aliphatic rings. The van der Waals surface area contributed by atoms with E-state index in [1.807, 2.05) is 23.3 Å². The SMILES string of the molecule is CCc1nc(C2CCCN2C(=O)c2sccc2COC)no1. The van der Waals surface area contributed by atoms with Crippen LogP contribution in [0.15, 0.2) is 16.0 Å². The van der Waals surface area contributed by atoms with Crippen molar-refractivity contribution in [1.29, 1.82) is 0 Å². The Morgan fingerprint density at radius 1 is 1.59 bits per heavy atom. The highest BCUT2D eigenvalue weighted by Gasteiger charge is 2.35. The van der Waals surface area contributed by atoms with Gasteiger partial charge in [0.05, 0.1) is 17.5 Å². The first kappa shape index (κ1) is 15.2. The van der Waals surface area contributed by atoms with Gasteiger partial charge in [0.15, 0.2) is 5.82 Å². The number of rotatable bonds is 5. The van der Waals surface area contributed by atoms with E-state index in [0.717, 1.165) is 29.8 Å². The molecule has 2 aromatic rings. The van der Waals surface area contributed by atoms with Gasteiger partial charge in [0.2, 0.25) is 5.89 Å². The first-order chi connectivity index (χ1) is 10.7. The van der Waals surface area contributed by atoms with E-state index in [9.17, 15) is 4.79 Å². The monoisotopic (exact) mass is 321 g/mol. The first-order valence-electron chi connectivity index (χ1n) is 7.43. The molecule has 0 aliphatic carbocycles. The van der Waals surface area contributed by atoms with Crippen LogP contribution in [0, 0.1) is 0 Å². The average molecular weight is 321 g/mol. The molecule has 0 aromatic carbocycles. The molecule has 0 radical (unpaired) electrons. The lowest BCUT2D eigenvalue weighted by Gasteiger charge is -2.22. The summed E-state index contributed by atoms with van der Waals surface area (Å²) >= 11 is 1.46. The lowest BCUT2D eigenvalue weighted by Crippen LogP contribution is -2.31. The fourth-order valence-corrected chi connectivity index (χ4v) is 3.61. The molecule has 0 saturated carbocycles. The van der Waals surface area contributed by atoms with E-state index in [1.165, 1.54) is 11.3 Å². The van der Waals surface area contributed by atoms with Gasteiger partial charge in [0, 0.05) is 25.6 Å². The molecule has 0 N–H and O–H groups in total. The summed E-state index contributed by atoms with van der Waals surface area (Å²) in [6.07, 6.45) is 2.54. The van der Waals surface area contributed by atoms with E-state index in [0.29, 0.717) is 24.7 Å². The molecule has 1 fully saturated rings. The van der Waals surface area contributed by atoms with Crippen LogP contribution in [0.3, 0.4) is 0 Å². The largest absolute Gasteiger partial charge is 0.380 e. The zero-order valence-electron chi connectivity index (χ0n) is 12.7. The van der Waals surface area contributed by atoms with Crippen LogP contribution < -0.4 is 0 Å². The lowest BCUT2D eigenvalue weighted by molar-refractivity contribution is 0.0729. The smallest absolute Gasteiger partial charge is 0.264 e. The van der Waals surface area contributed by atoms with Crippen LogP contribution in [-0.2, 0) is 17.8 Å². The summed E-state index contributed by atoms with van der Waals surface area (Å²) in [5.74, 6) is 1.27. The normalized spacial score (nSPS) is 18.1. The van der Waals surface area contributed by atoms with Gasteiger partial charge in [-0.1, -0.05) is 12.1 Å². The number of aromatic nitrogens is 2. The van der Waals surface area contributed by atoms with E-state index >= 15 is 0 Å². The zero-order valence-corrected chi connectivity index (χ0v) is 13.6. The van der Waals surface area contributed by atoms with Crippen molar-refractivity contribution < 1.29 is 14.1 Å². The fourth-order valence-electron chi connectivity index (χ4n) is 2.75. The van der Waals surface area contributed by atoms with Crippen molar-refractivity contribution >= 4 is 17.2 Å². The van der Waals surface area contributed by atoms with Crippen LogP contribution in [-0.4, -0.2) is 34.6 Å². The van der Waals surface area contributed by atoms with Gasteiger partial charge in [-0.25, -0.2) is 0 Å². The number of hydrogen-bond donors (Lipinski definition) is 0. The second-order valence-corrected chi connectivity index (χ2v) is 6.18. The molecule has 1 saturated heterocycles. The quantitative estimate of drug-likeness (QED) is 0.847. The molecule has 118 valence electrons. The predicted molar refractivity (Wildman–Crippen MR) is 81.7 cm³/mol. The van der Waals surface area contributed by atoms with E-state index in [-0.39, 0.29) is 11.9 Å². The van der Waals surface area contributed by atoms with Crippen molar-refractivity contribution in [2.75, 3.05) is 13.7 Å². The van der Waals surface area contributed by atoms with Crippen molar-refractivity contribution in [1.82, 2.24) is 15.0 Å². The van der Waals surface area contributed by atoms with Crippen molar-refractivity contribution in [3.8, 4) is 0 Å². The zero-order chi connectivity index (χ0) is 15.5. The third kappa shape index (κ3) is 2.78. The van der Waals surface area contributed by atoms with Gasteiger partial charge in [-0.05, 0) is 24.3 Å². The average Bonchev–Trinajstić information content (AvgIpc) is 3.26. The van der Waals surface area contributed by atoms with Crippen LogP contribution in [0.2, 0.25) is 0 Å². The Labute approximate surface area is 133 Å². The van der Waals surface area contributed by atoms with Crippen LogP contribution in [0.1, 0.15) is 52.8 Å². The molecule has 3 heterocycles. The third-order valence-electron chi connectivity index (χ3n) is 3.84. The molecule has 3 rings (SSSR count). The Morgan fingerprint density at radius 2 is 2.45 bits per heavy atom. The molecule has 6 nitrogen and oxygen atoms in total. The maximum Gasteiger partial charge on any atom is 0.264 e. The standard InChI is InChI=1S/C15H19N3O3S/c1-3-12-16-14(17-21-12)11-5-4-7-18(11)15(19)13-10(9-20-2)6-8-22-13/h6,8,11H,3-5,7,9H2,1-2H3. The number of nitrogens with zero attached hydrogens (tertiary/aromatic N) is 3. The van der Waals surface area contributed by atoms with Gasteiger partial charge in [-0.15, -0.1) is 11.3 Å². The van der Waals surface area contributed by atoms with E-state index in [4.69, 9.17) is 9.26 Å². The topological polar surface area (TPSA) is 68.5 Å². The fraction of sp³-hybridized carbons (Fsp3) is 0.533.